The molecule has 4 aromatic rings. The van der Waals surface area contributed by atoms with Gasteiger partial charge in [-0.05, 0) is 68.1 Å². The molecule has 2 heterocycles. The maximum absolute atomic E-state index is 15.5. The zero-order valence-corrected chi connectivity index (χ0v) is 25.6. The van der Waals surface area contributed by atoms with Crippen LogP contribution in [0.5, 0.6) is 5.75 Å². The number of hydrogen-bond acceptors (Lipinski definition) is 5. The van der Waals surface area contributed by atoms with Crippen molar-refractivity contribution in [2.24, 2.45) is 4.99 Å². The van der Waals surface area contributed by atoms with Crippen molar-refractivity contribution in [2.75, 3.05) is 10.7 Å². The number of aliphatic imine (C=N–C) groups is 1. The lowest BCUT2D eigenvalue weighted by Crippen LogP contribution is -2.43. The third-order valence-electron chi connectivity index (χ3n) is 7.35. The highest BCUT2D eigenvalue weighted by molar-refractivity contribution is 8.14. The molecular formula is C32H32F4N6O2S. The lowest BCUT2D eigenvalue weighted by molar-refractivity contribution is -0.274. The fourth-order valence-corrected chi connectivity index (χ4v) is 6.20. The average molecular weight is 641 g/mol. The van der Waals surface area contributed by atoms with E-state index in [2.05, 4.69) is 49.9 Å². The molecule has 1 aliphatic heterocycles. The molecule has 1 aliphatic rings. The first-order valence-corrected chi connectivity index (χ1v) is 15.4. The number of halogens is 4. The number of amides is 2. The monoisotopic (exact) mass is 640 g/mol. The topological polar surface area (TPSA) is 84.6 Å². The SMILES string of the molecule is CCc1ccccc1N1/C(=N/C(=O)NC(C)C(F)c2ccc(-c3ncn(-c4ccc(OC(F)(F)F)cc4)n3)cc2)SCCC1C. The van der Waals surface area contributed by atoms with Crippen molar-refractivity contribution in [1.82, 2.24) is 20.1 Å². The van der Waals surface area contributed by atoms with Gasteiger partial charge in [-0.1, -0.05) is 61.2 Å². The number of carbonyl (C=O) groups excluding carboxylic acids is 1. The molecule has 3 atom stereocenters. The number of aromatic nitrogens is 3. The Morgan fingerprint density at radius 2 is 1.82 bits per heavy atom. The van der Waals surface area contributed by atoms with Crippen molar-refractivity contribution in [1.29, 1.82) is 0 Å². The van der Waals surface area contributed by atoms with Crippen LogP contribution in [0.25, 0.3) is 17.1 Å². The smallest absolute Gasteiger partial charge is 0.406 e. The number of ether oxygens (including phenoxy) is 1. The van der Waals surface area contributed by atoms with Gasteiger partial charge >= 0.3 is 12.4 Å². The second kappa shape index (κ2) is 13.7. The van der Waals surface area contributed by atoms with E-state index in [0.717, 1.165) is 29.8 Å². The maximum atomic E-state index is 15.5. The van der Waals surface area contributed by atoms with E-state index in [9.17, 15) is 18.0 Å². The summed E-state index contributed by atoms with van der Waals surface area (Å²) < 4.78 is 58.0. The second-order valence-electron chi connectivity index (χ2n) is 10.5. The van der Waals surface area contributed by atoms with Gasteiger partial charge in [0.05, 0.1) is 11.7 Å². The number of nitrogens with one attached hydrogen (secondary N) is 1. The summed E-state index contributed by atoms with van der Waals surface area (Å²) >= 11 is 1.51. The number of benzene rings is 3. The Kier molecular flexibility index (Phi) is 9.76. The van der Waals surface area contributed by atoms with E-state index >= 15 is 4.39 Å². The van der Waals surface area contributed by atoms with E-state index in [1.165, 1.54) is 47.0 Å². The molecule has 0 bridgehead atoms. The van der Waals surface area contributed by atoms with E-state index in [1.807, 2.05) is 18.2 Å². The average Bonchev–Trinajstić information content (AvgIpc) is 3.51. The van der Waals surface area contributed by atoms with Gasteiger partial charge in [0.2, 0.25) is 0 Å². The van der Waals surface area contributed by atoms with Gasteiger partial charge in [-0.25, -0.2) is 18.9 Å². The minimum Gasteiger partial charge on any atom is -0.406 e. The van der Waals surface area contributed by atoms with Crippen LogP contribution in [-0.4, -0.2) is 50.2 Å². The Hall–Kier alpha value is -4.39. The number of hydrogen-bond donors (Lipinski definition) is 1. The van der Waals surface area contributed by atoms with E-state index in [1.54, 1.807) is 31.2 Å². The molecule has 1 fully saturated rings. The summed E-state index contributed by atoms with van der Waals surface area (Å²) in [4.78, 5) is 23.7. The Bertz CT molecular complexity index is 1640. The Labute approximate surface area is 262 Å². The van der Waals surface area contributed by atoms with Gasteiger partial charge < -0.3 is 15.0 Å². The van der Waals surface area contributed by atoms with Crippen molar-refractivity contribution in [3.8, 4) is 22.8 Å². The number of thioether (sulfide) groups is 1. The number of amidine groups is 1. The van der Waals surface area contributed by atoms with E-state index in [-0.39, 0.29) is 11.8 Å². The Balaban J connectivity index is 1.23. The molecule has 1 aromatic heterocycles. The molecule has 3 aromatic carbocycles. The van der Waals surface area contributed by atoms with Crippen LogP contribution in [0, 0.1) is 0 Å². The van der Waals surface area contributed by atoms with Crippen LogP contribution in [0.1, 0.15) is 44.5 Å². The van der Waals surface area contributed by atoms with Crippen molar-refractivity contribution >= 4 is 28.6 Å². The maximum Gasteiger partial charge on any atom is 0.573 e. The number of rotatable bonds is 8. The highest BCUT2D eigenvalue weighted by Gasteiger charge is 2.31. The summed E-state index contributed by atoms with van der Waals surface area (Å²) in [5.41, 5.74) is 3.64. The number of urea groups is 1. The zero-order valence-electron chi connectivity index (χ0n) is 24.8. The number of nitrogens with zero attached hydrogens (tertiary/aromatic N) is 5. The first-order valence-electron chi connectivity index (χ1n) is 14.4. The number of aryl methyl sites for hydroxylation is 1. The second-order valence-corrected chi connectivity index (χ2v) is 11.6. The first-order chi connectivity index (χ1) is 21.5. The summed E-state index contributed by atoms with van der Waals surface area (Å²) in [6.45, 7) is 5.79. The van der Waals surface area contributed by atoms with Gasteiger partial charge in [-0.15, -0.1) is 18.3 Å². The van der Waals surface area contributed by atoms with E-state index in [0.29, 0.717) is 27.8 Å². The largest absolute Gasteiger partial charge is 0.573 e. The summed E-state index contributed by atoms with van der Waals surface area (Å²) in [5, 5.41) is 7.65. The fourth-order valence-electron chi connectivity index (χ4n) is 4.99. The van der Waals surface area contributed by atoms with Crippen LogP contribution < -0.4 is 15.0 Å². The minimum absolute atomic E-state index is 0.162. The molecule has 13 heteroatoms. The molecule has 45 heavy (non-hydrogen) atoms. The molecular weight excluding hydrogens is 608 g/mol. The quantitative estimate of drug-likeness (QED) is 0.197. The lowest BCUT2D eigenvalue weighted by atomic mass is 10.0. The predicted octanol–water partition coefficient (Wildman–Crippen LogP) is 7.89. The van der Waals surface area contributed by atoms with E-state index < -0.39 is 24.6 Å². The van der Waals surface area contributed by atoms with Gasteiger partial charge in [0.25, 0.3) is 0 Å². The normalized spacial score (nSPS) is 17.6. The lowest BCUT2D eigenvalue weighted by Gasteiger charge is -2.36. The van der Waals surface area contributed by atoms with Gasteiger partial charge in [-0.3, -0.25) is 0 Å². The standard InChI is InChI=1S/C32H32F4N6O2S/c1-4-22-7-5-6-8-27(22)42-20(2)17-18-45-31(42)39-30(43)38-21(3)28(33)23-9-11-24(12-10-23)29-37-19-41(40-29)25-13-15-26(16-14-25)44-32(34,35)36/h5-16,19-21,28H,4,17-18H2,1-3H3,(H,38,43)/b39-31-. The Morgan fingerprint density at radius 1 is 1.11 bits per heavy atom. The van der Waals surface area contributed by atoms with Gasteiger partial charge in [0.15, 0.2) is 11.0 Å². The van der Waals surface area contributed by atoms with Crippen molar-refractivity contribution < 1.29 is 27.1 Å². The van der Waals surface area contributed by atoms with Crippen LogP contribution in [0.2, 0.25) is 0 Å². The summed E-state index contributed by atoms with van der Waals surface area (Å²) in [6.07, 6.45) is -3.06. The van der Waals surface area contributed by atoms with Crippen molar-refractivity contribution in [2.45, 2.75) is 58.2 Å². The van der Waals surface area contributed by atoms with Crippen LogP contribution >= 0.6 is 11.8 Å². The van der Waals surface area contributed by atoms with Gasteiger partial charge in [0.1, 0.15) is 18.2 Å². The van der Waals surface area contributed by atoms with Gasteiger partial charge in [-0.2, -0.15) is 4.99 Å². The molecule has 0 spiro atoms. The number of carbonyl (C=O) groups is 1. The highest BCUT2D eigenvalue weighted by Crippen LogP contribution is 2.32. The van der Waals surface area contributed by atoms with Crippen LogP contribution in [-0.2, 0) is 6.42 Å². The molecule has 1 saturated heterocycles. The molecule has 8 nitrogen and oxygen atoms in total. The van der Waals surface area contributed by atoms with Gasteiger partial charge in [0, 0.05) is 23.0 Å². The molecule has 3 unspecified atom stereocenters. The van der Waals surface area contributed by atoms with Crippen molar-refractivity contribution in [3.63, 3.8) is 0 Å². The Morgan fingerprint density at radius 3 is 2.51 bits per heavy atom. The molecule has 0 saturated carbocycles. The zero-order chi connectivity index (χ0) is 32.1. The first kappa shape index (κ1) is 32.0. The molecule has 0 aliphatic carbocycles. The molecule has 236 valence electrons. The highest BCUT2D eigenvalue weighted by atomic mass is 32.2. The van der Waals surface area contributed by atoms with Crippen LogP contribution in [0.3, 0.4) is 0 Å². The molecule has 5 rings (SSSR count). The molecule has 1 N–H and O–H groups in total. The fraction of sp³-hybridized carbons (Fsp3) is 0.312. The number of alkyl halides is 4. The number of anilines is 1. The summed E-state index contributed by atoms with van der Waals surface area (Å²) in [5.74, 6) is 0.836. The number of para-hydroxylation sites is 1. The third-order valence-corrected chi connectivity index (χ3v) is 8.33. The molecule has 0 radical (unpaired) electrons. The van der Waals surface area contributed by atoms with Crippen molar-refractivity contribution in [3.05, 3.63) is 90.3 Å². The molecule has 2 amide bonds. The third kappa shape index (κ3) is 7.83. The van der Waals surface area contributed by atoms with Crippen LogP contribution in [0.15, 0.2) is 84.1 Å². The predicted molar refractivity (Wildman–Crippen MR) is 168 cm³/mol. The van der Waals surface area contributed by atoms with E-state index in [4.69, 9.17) is 0 Å². The summed E-state index contributed by atoms with van der Waals surface area (Å²) in [6, 6.07) is 18.5. The summed E-state index contributed by atoms with van der Waals surface area (Å²) in [7, 11) is 0. The van der Waals surface area contributed by atoms with Crippen LogP contribution in [0.4, 0.5) is 28.0 Å². The minimum atomic E-state index is -4.78.